The third-order valence-corrected chi connectivity index (χ3v) is 8.30. The van der Waals surface area contributed by atoms with Gasteiger partial charge in [-0.25, -0.2) is 4.79 Å². The number of nitrogens with two attached hydrogens (primary N) is 1. The highest BCUT2D eigenvalue weighted by Crippen LogP contribution is 2.40. The predicted octanol–water partition coefficient (Wildman–Crippen LogP) is -7.60. The number of aliphatic hydroxyl groups excluding tert-OH is 4. The topological polar surface area (TPSA) is 291 Å². The van der Waals surface area contributed by atoms with Gasteiger partial charge in [0, 0.05) is 13.0 Å². The fourth-order valence-electron chi connectivity index (χ4n) is 5.76. The summed E-state index contributed by atoms with van der Waals surface area (Å²) in [5, 5.41) is 87.1. The summed E-state index contributed by atoms with van der Waals surface area (Å²) in [4.78, 5) is 29.5. The van der Waals surface area contributed by atoms with Crippen LogP contribution < -0.4 is 21.1 Å². The first-order valence-electron chi connectivity index (χ1n) is 14.0. The van der Waals surface area contributed by atoms with E-state index >= 15 is 0 Å². The SMILES string of the molecule is C=CC1C(OC2OC(CO)C(O)C(O)(O)C2O)OC=C(C(=O)OC)C1(O)C=CC1C[NH+](CCO)CC(C(=O)[O-])C1NC(N)=NC. The van der Waals surface area contributed by atoms with Crippen LogP contribution in [0.15, 0.2) is 41.6 Å². The standard InChI is InChI=1S/C27H42N4O14/c1-4-15-23(45-24-20(35)27(40,41)19(34)17(11-33)44-24)43-12-16(22(38)42-3)26(15,39)6-5-13-9-31(7-8-32)10-14(21(36)37)18(13)30-25(28)29-2/h4-6,12-15,17-20,23-24,32-35,39-41H,1,7-11H2,2-3H3,(H,36,37)(H3,28,29,30). The van der Waals surface area contributed by atoms with Crippen LogP contribution in [0, 0.1) is 17.8 Å². The number of piperidine rings is 1. The van der Waals surface area contributed by atoms with Crippen LogP contribution in [-0.2, 0) is 28.5 Å². The van der Waals surface area contributed by atoms with Crippen molar-refractivity contribution in [2.24, 2.45) is 28.5 Å². The molecule has 3 aliphatic heterocycles. The maximum atomic E-state index is 12.8. The van der Waals surface area contributed by atoms with Gasteiger partial charge in [0.2, 0.25) is 12.1 Å². The molecule has 45 heavy (non-hydrogen) atoms. The van der Waals surface area contributed by atoms with E-state index < -0.39 is 90.2 Å². The van der Waals surface area contributed by atoms with Gasteiger partial charge in [-0.2, -0.15) is 0 Å². The quantitative estimate of drug-likeness (QED) is 0.0328. The summed E-state index contributed by atoms with van der Waals surface area (Å²) in [6.07, 6.45) is -4.97. The summed E-state index contributed by atoms with van der Waals surface area (Å²) in [7, 11) is 2.45. The summed E-state index contributed by atoms with van der Waals surface area (Å²) in [6, 6.07) is -0.893. The lowest BCUT2D eigenvalue weighted by atomic mass is 9.76. The molecule has 2 saturated heterocycles. The number of hydrogen-bond donors (Lipinski definition) is 10. The Labute approximate surface area is 258 Å². The average molecular weight is 647 g/mol. The second-order valence-corrected chi connectivity index (χ2v) is 11.0. The zero-order valence-corrected chi connectivity index (χ0v) is 24.8. The van der Waals surface area contributed by atoms with Crippen molar-refractivity contribution < 1.29 is 74.3 Å². The normalized spacial score (nSPS) is 38.6. The first kappa shape index (κ1) is 36.3. The van der Waals surface area contributed by atoms with Gasteiger partial charge in [-0.3, -0.25) is 4.99 Å². The minimum absolute atomic E-state index is 0.0613. The number of hydrogen-bond acceptors (Lipinski definition) is 15. The smallest absolute Gasteiger partial charge is 0.340 e. The van der Waals surface area contributed by atoms with Crippen molar-refractivity contribution in [2.45, 2.75) is 48.3 Å². The van der Waals surface area contributed by atoms with Crippen molar-refractivity contribution in [3.05, 3.63) is 36.6 Å². The number of rotatable bonds is 11. The molecular weight excluding hydrogens is 604 g/mol. The van der Waals surface area contributed by atoms with E-state index in [1.165, 1.54) is 19.2 Å². The molecule has 3 rings (SSSR count). The third-order valence-electron chi connectivity index (χ3n) is 8.30. The van der Waals surface area contributed by atoms with E-state index in [9.17, 15) is 50.4 Å². The Morgan fingerprint density at radius 2 is 1.93 bits per heavy atom. The number of aliphatic carboxylic acids is 1. The number of ether oxygens (including phenoxy) is 4. The molecule has 11 unspecified atom stereocenters. The molecule has 3 heterocycles. The van der Waals surface area contributed by atoms with E-state index in [1.54, 1.807) is 0 Å². The van der Waals surface area contributed by atoms with Gasteiger partial charge >= 0.3 is 5.97 Å². The van der Waals surface area contributed by atoms with Crippen LogP contribution in [0.25, 0.3) is 0 Å². The zero-order chi connectivity index (χ0) is 33.7. The molecular formula is C27H42N4O14. The van der Waals surface area contributed by atoms with E-state index in [4.69, 9.17) is 24.7 Å². The van der Waals surface area contributed by atoms with E-state index in [1.807, 2.05) is 0 Å². The Bertz CT molecular complexity index is 1160. The number of nitrogens with one attached hydrogen (secondary N) is 2. The molecule has 254 valence electrons. The first-order valence-corrected chi connectivity index (χ1v) is 14.0. The maximum Gasteiger partial charge on any atom is 0.340 e. The van der Waals surface area contributed by atoms with Crippen LogP contribution in [-0.4, -0.2) is 149 Å². The fraction of sp³-hybridized carbons (Fsp3) is 0.667. The van der Waals surface area contributed by atoms with E-state index in [2.05, 4.69) is 16.9 Å². The molecule has 18 nitrogen and oxygen atoms in total. The summed E-state index contributed by atoms with van der Waals surface area (Å²) < 4.78 is 21.3. The van der Waals surface area contributed by atoms with Crippen molar-refractivity contribution >= 4 is 17.9 Å². The summed E-state index contributed by atoms with van der Waals surface area (Å²) in [5.41, 5.74) is 3.11. The number of likely N-dealkylation sites (tertiary alicyclic amines) is 1. The van der Waals surface area contributed by atoms with Gasteiger partial charge in [0.05, 0.1) is 57.3 Å². The molecule has 11 atom stereocenters. The number of quaternary nitrogens is 1. The Kier molecular flexibility index (Phi) is 12.1. The number of carbonyl (C=O) groups excluding carboxylic acids is 2. The zero-order valence-electron chi connectivity index (χ0n) is 24.8. The molecule has 0 aromatic rings. The Hall–Kier alpha value is -3.17. The van der Waals surface area contributed by atoms with Crippen LogP contribution >= 0.6 is 0 Å². The lowest BCUT2D eigenvalue weighted by Gasteiger charge is -2.47. The second-order valence-electron chi connectivity index (χ2n) is 11.0. The molecule has 11 N–H and O–H groups in total. The van der Waals surface area contributed by atoms with Crippen LogP contribution in [0.2, 0.25) is 0 Å². The number of nitrogens with zero attached hydrogens (tertiary/aromatic N) is 1. The Morgan fingerprint density at radius 1 is 1.24 bits per heavy atom. The summed E-state index contributed by atoms with van der Waals surface area (Å²) in [6.45, 7) is 3.11. The molecule has 0 spiro atoms. The van der Waals surface area contributed by atoms with Crippen LogP contribution in [0.4, 0.5) is 0 Å². The molecule has 0 amide bonds. The highest BCUT2D eigenvalue weighted by atomic mass is 16.8. The highest BCUT2D eigenvalue weighted by Gasteiger charge is 2.57. The number of methoxy groups -OCH3 is 1. The first-order chi connectivity index (χ1) is 21.2. The molecule has 0 aromatic carbocycles. The van der Waals surface area contributed by atoms with Crippen molar-refractivity contribution in [3.8, 4) is 0 Å². The summed E-state index contributed by atoms with van der Waals surface area (Å²) >= 11 is 0. The van der Waals surface area contributed by atoms with Gasteiger partial charge in [0.15, 0.2) is 18.4 Å². The third kappa shape index (κ3) is 7.46. The largest absolute Gasteiger partial charge is 0.550 e. The van der Waals surface area contributed by atoms with Crippen molar-refractivity contribution in [1.82, 2.24) is 5.32 Å². The van der Waals surface area contributed by atoms with E-state index in [0.717, 1.165) is 19.4 Å². The highest BCUT2D eigenvalue weighted by molar-refractivity contribution is 5.91. The van der Waals surface area contributed by atoms with Crippen LogP contribution in [0.5, 0.6) is 0 Å². The number of guanidine groups is 1. The lowest BCUT2D eigenvalue weighted by molar-refractivity contribution is -0.911. The van der Waals surface area contributed by atoms with E-state index in [0.29, 0.717) is 4.90 Å². The number of aliphatic hydroxyl groups is 7. The van der Waals surface area contributed by atoms with Crippen molar-refractivity contribution in [2.75, 3.05) is 47.0 Å². The minimum atomic E-state index is -3.18. The molecule has 0 saturated carbocycles. The fourth-order valence-corrected chi connectivity index (χ4v) is 5.76. The molecule has 0 bridgehead atoms. The number of aliphatic imine (C=N–C) groups is 1. The number of carboxylic acids is 1. The average Bonchev–Trinajstić information content (AvgIpc) is 3.01. The Morgan fingerprint density at radius 3 is 2.49 bits per heavy atom. The van der Waals surface area contributed by atoms with Gasteiger partial charge in [-0.15, -0.1) is 6.58 Å². The monoisotopic (exact) mass is 646 g/mol. The Balaban J connectivity index is 2.03. The minimum Gasteiger partial charge on any atom is -0.550 e. The number of esters is 1. The van der Waals surface area contributed by atoms with Crippen molar-refractivity contribution in [1.29, 1.82) is 0 Å². The molecule has 0 aromatic heterocycles. The lowest BCUT2D eigenvalue weighted by Crippen LogP contribution is -3.16. The van der Waals surface area contributed by atoms with Crippen molar-refractivity contribution in [3.63, 3.8) is 0 Å². The van der Waals surface area contributed by atoms with Gasteiger partial charge in [0.1, 0.15) is 36.2 Å². The molecule has 18 heteroatoms. The van der Waals surface area contributed by atoms with Crippen LogP contribution in [0.3, 0.4) is 0 Å². The predicted molar refractivity (Wildman–Crippen MR) is 148 cm³/mol. The molecule has 2 fully saturated rings. The summed E-state index contributed by atoms with van der Waals surface area (Å²) in [5.74, 6) is -8.86. The molecule has 0 radical (unpaired) electrons. The van der Waals surface area contributed by atoms with Gasteiger partial charge in [-0.1, -0.05) is 18.2 Å². The molecule has 3 aliphatic rings. The van der Waals surface area contributed by atoms with Gasteiger partial charge in [-0.05, 0) is 0 Å². The van der Waals surface area contributed by atoms with Gasteiger partial charge < -0.3 is 80.5 Å². The van der Waals surface area contributed by atoms with E-state index in [-0.39, 0.29) is 32.2 Å². The number of carbonyl (C=O) groups is 2. The maximum absolute atomic E-state index is 12.8. The van der Waals surface area contributed by atoms with Gasteiger partial charge in [0.25, 0.3) is 0 Å². The molecule has 0 aliphatic carbocycles. The second kappa shape index (κ2) is 14.9. The number of carboxylic acid groups (broad SMARTS) is 1. The van der Waals surface area contributed by atoms with Crippen LogP contribution in [0.1, 0.15) is 0 Å².